The van der Waals surface area contributed by atoms with E-state index in [4.69, 9.17) is 29.6 Å². The first-order valence-corrected chi connectivity index (χ1v) is 3.86. The molecule has 0 aliphatic rings. The first-order chi connectivity index (χ1) is 5.09. The molecule has 0 unspecified atom stereocenters. The summed E-state index contributed by atoms with van der Waals surface area (Å²) in [5, 5.41) is 4.71. The van der Waals surface area contributed by atoms with Crippen molar-refractivity contribution >= 4 is 28.8 Å². The zero-order valence-corrected chi connectivity index (χ0v) is 7.61. The molecule has 11 heavy (non-hydrogen) atoms. The minimum absolute atomic E-state index is 0.407. The number of nitrogens with two attached hydrogens (primary N) is 1. The van der Waals surface area contributed by atoms with Crippen LogP contribution in [0, 0.1) is 6.92 Å². The Labute approximate surface area is 75.1 Å². The molecule has 1 aromatic heterocycles. The summed E-state index contributed by atoms with van der Waals surface area (Å²) in [6.07, 6.45) is 1.70. The normalized spacial score (nSPS) is 10.0. The van der Waals surface area contributed by atoms with Crippen LogP contribution in [0.15, 0.2) is 6.20 Å². The van der Waals surface area contributed by atoms with Gasteiger partial charge in [-0.25, -0.2) is 0 Å². The van der Waals surface area contributed by atoms with E-state index < -0.39 is 0 Å². The highest BCUT2D eigenvalue weighted by Crippen LogP contribution is 2.11. The molecular formula is C6H8ClN3S. The molecule has 0 spiro atoms. The van der Waals surface area contributed by atoms with Crippen LogP contribution in [0.2, 0.25) is 5.02 Å². The maximum absolute atomic E-state index is 5.75. The summed E-state index contributed by atoms with van der Waals surface area (Å²) in [5.74, 6) is 0. The largest absolute Gasteiger partial charge is 0.392 e. The Kier molecular flexibility index (Phi) is 2.46. The first kappa shape index (κ1) is 8.49. The number of nitrogens with zero attached hydrogens (tertiary/aromatic N) is 2. The van der Waals surface area contributed by atoms with Crippen LogP contribution < -0.4 is 5.73 Å². The lowest BCUT2D eigenvalue weighted by Crippen LogP contribution is -2.16. The van der Waals surface area contributed by atoms with Gasteiger partial charge in [-0.15, -0.1) is 0 Å². The van der Waals surface area contributed by atoms with Crippen LogP contribution in [0.5, 0.6) is 0 Å². The van der Waals surface area contributed by atoms with Gasteiger partial charge in [-0.05, 0) is 6.92 Å². The number of thiocarbonyl (C=S) groups is 1. The van der Waals surface area contributed by atoms with Crippen molar-refractivity contribution in [1.82, 2.24) is 9.78 Å². The van der Waals surface area contributed by atoms with Gasteiger partial charge in [0.2, 0.25) is 0 Å². The van der Waals surface area contributed by atoms with E-state index in [2.05, 4.69) is 5.10 Å². The molecule has 1 heterocycles. The van der Waals surface area contributed by atoms with Crippen LogP contribution in [0.3, 0.4) is 0 Å². The Morgan fingerprint density at radius 3 is 2.91 bits per heavy atom. The minimum Gasteiger partial charge on any atom is -0.392 e. The van der Waals surface area contributed by atoms with Gasteiger partial charge in [-0.2, -0.15) is 5.10 Å². The monoisotopic (exact) mass is 189 g/mol. The number of hydrogen-bond donors (Lipinski definition) is 1. The predicted octanol–water partition coefficient (Wildman–Crippen LogP) is 1.13. The number of aromatic nitrogens is 2. The lowest BCUT2D eigenvalue weighted by molar-refractivity contribution is 0.717. The molecule has 0 aromatic carbocycles. The molecule has 0 radical (unpaired) electrons. The molecule has 0 amide bonds. The van der Waals surface area contributed by atoms with Crippen molar-refractivity contribution in [3.05, 3.63) is 16.9 Å². The molecule has 2 N–H and O–H groups in total. The fraction of sp³-hybridized carbons (Fsp3) is 0.333. The van der Waals surface area contributed by atoms with Gasteiger partial charge in [0.25, 0.3) is 0 Å². The molecule has 1 aromatic rings. The molecule has 0 atom stereocenters. The quantitative estimate of drug-likeness (QED) is 0.710. The molecule has 0 fully saturated rings. The van der Waals surface area contributed by atoms with Gasteiger partial charge in [0.05, 0.1) is 22.2 Å². The third-order valence-corrected chi connectivity index (χ3v) is 1.70. The number of halogens is 1. The fourth-order valence-corrected chi connectivity index (χ4v) is 1.02. The van der Waals surface area contributed by atoms with E-state index in [9.17, 15) is 0 Å². The summed E-state index contributed by atoms with van der Waals surface area (Å²) in [6, 6.07) is 0. The fourth-order valence-electron chi connectivity index (χ4n) is 0.734. The maximum atomic E-state index is 5.75. The molecule has 0 bridgehead atoms. The SMILES string of the molecule is Cc1nn(CC(N)=S)cc1Cl. The van der Waals surface area contributed by atoms with E-state index >= 15 is 0 Å². The van der Waals surface area contributed by atoms with E-state index in [0.717, 1.165) is 5.69 Å². The molecule has 60 valence electrons. The Morgan fingerprint density at radius 1 is 1.91 bits per heavy atom. The summed E-state index contributed by atoms with van der Waals surface area (Å²) < 4.78 is 1.62. The van der Waals surface area contributed by atoms with E-state index in [-0.39, 0.29) is 0 Å². The van der Waals surface area contributed by atoms with Gasteiger partial charge in [0, 0.05) is 6.20 Å². The van der Waals surface area contributed by atoms with Gasteiger partial charge in [0.1, 0.15) is 0 Å². The van der Waals surface area contributed by atoms with Crippen molar-refractivity contribution in [2.45, 2.75) is 13.5 Å². The van der Waals surface area contributed by atoms with E-state index in [1.54, 1.807) is 10.9 Å². The second-order valence-corrected chi connectivity index (χ2v) is 3.16. The number of hydrogen-bond acceptors (Lipinski definition) is 2. The predicted molar refractivity (Wildman–Crippen MR) is 48.8 cm³/mol. The van der Waals surface area contributed by atoms with Crippen LogP contribution >= 0.6 is 23.8 Å². The highest BCUT2D eigenvalue weighted by atomic mass is 35.5. The molecule has 0 aliphatic heterocycles. The zero-order valence-electron chi connectivity index (χ0n) is 6.04. The topological polar surface area (TPSA) is 43.8 Å². The Hall–Kier alpha value is -0.610. The highest BCUT2D eigenvalue weighted by Gasteiger charge is 2.01. The standard InChI is InChI=1S/C6H8ClN3S/c1-4-5(7)2-10(9-4)3-6(8)11/h2H,3H2,1H3,(H2,8,11). The van der Waals surface area contributed by atoms with Crippen molar-refractivity contribution in [2.24, 2.45) is 5.73 Å². The smallest absolute Gasteiger partial charge is 0.0945 e. The van der Waals surface area contributed by atoms with Crippen LogP contribution in [-0.2, 0) is 6.54 Å². The molecule has 0 saturated carbocycles. The summed E-state index contributed by atoms with van der Waals surface area (Å²) in [4.78, 5) is 0.407. The summed E-state index contributed by atoms with van der Waals surface area (Å²) in [6.45, 7) is 2.28. The third-order valence-electron chi connectivity index (χ3n) is 1.20. The van der Waals surface area contributed by atoms with E-state index in [0.29, 0.717) is 16.6 Å². The average molecular weight is 190 g/mol. The Balaban J connectivity index is 2.81. The van der Waals surface area contributed by atoms with Crippen molar-refractivity contribution < 1.29 is 0 Å². The van der Waals surface area contributed by atoms with E-state index in [1.165, 1.54) is 0 Å². The zero-order chi connectivity index (χ0) is 8.43. The lowest BCUT2D eigenvalue weighted by Gasteiger charge is -1.95. The molecule has 1 rings (SSSR count). The minimum atomic E-state index is 0.407. The average Bonchev–Trinajstić information content (AvgIpc) is 2.10. The van der Waals surface area contributed by atoms with Crippen molar-refractivity contribution in [3.63, 3.8) is 0 Å². The van der Waals surface area contributed by atoms with Gasteiger partial charge >= 0.3 is 0 Å². The Morgan fingerprint density at radius 2 is 2.55 bits per heavy atom. The van der Waals surface area contributed by atoms with E-state index in [1.807, 2.05) is 6.92 Å². The number of aryl methyl sites for hydroxylation is 1. The summed E-state index contributed by atoms with van der Waals surface area (Å²) in [5.41, 5.74) is 6.11. The summed E-state index contributed by atoms with van der Waals surface area (Å²) >= 11 is 10.4. The van der Waals surface area contributed by atoms with Crippen molar-refractivity contribution in [2.75, 3.05) is 0 Å². The van der Waals surface area contributed by atoms with Gasteiger partial charge in [0.15, 0.2) is 0 Å². The van der Waals surface area contributed by atoms with Crippen molar-refractivity contribution in [1.29, 1.82) is 0 Å². The molecular weight excluding hydrogens is 182 g/mol. The van der Waals surface area contributed by atoms with Crippen LogP contribution in [-0.4, -0.2) is 14.8 Å². The van der Waals surface area contributed by atoms with Gasteiger partial charge in [-0.1, -0.05) is 23.8 Å². The third kappa shape index (κ3) is 2.17. The molecule has 0 aliphatic carbocycles. The van der Waals surface area contributed by atoms with Gasteiger partial charge < -0.3 is 5.73 Å². The van der Waals surface area contributed by atoms with Gasteiger partial charge in [-0.3, -0.25) is 4.68 Å². The molecule has 0 saturated heterocycles. The maximum Gasteiger partial charge on any atom is 0.0945 e. The number of rotatable bonds is 2. The molecule has 5 heteroatoms. The Bertz CT molecular complexity index is 262. The van der Waals surface area contributed by atoms with Crippen LogP contribution in [0.1, 0.15) is 5.69 Å². The molecule has 3 nitrogen and oxygen atoms in total. The second kappa shape index (κ2) is 3.19. The van der Waals surface area contributed by atoms with Crippen LogP contribution in [0.25, 0.3) is 0 Å². The second-order valence-electron chi connectivity index (χ2n) is 2.23. The lowest BCUT2D eigenvalue weighted by atomic mass is 10.5. The highest BCUT2D eigenvalue weighted by molar-refractivity contribution is 7.80. The van der Waals surface area contributed by atoms with Crippen LogP contribution in [0.4, 0.5) is 0 Å². The summed E-state index contributed by atoms with van der Waals surface area (Å²) in [7, 11) is 0. The van der Waals surface area contributed by atoms with Crippen molar-refractivity contribution in [3.8, 4) is 0 Å². The first-order valence-electron chi connectivity index (χ1n) is 3.07.